The molecule has 2 rings (SSSR count). The van der Waals surface area contributed by atoms with Crippen LogP contribution in [0.3, 0.4) is 0 Å². The largest absolute Gasteiger partial charge is 0.452 e. The van der Waals surface area contributed by atoms with Gasteiger partial charge in [0.15, 0.2) is 6.61 Å². The number of carbonyl (C=O) groups excluding carboxylic acids is 3. The molecule has 0 fully saturated rings. The minimum Gasteiger partial charge on any atom is -0.452 e. The second kappa shape index (κ2) is 8.59. The minimum absolute atomic E-state index is 0.214. The molecular formula is C16H13FN2O4S. The maximum Gasteiger partial charge on any atom is 0.331 e. The highest BCUT2D eigenvalue weighted by Crippen LogP contribution is 2.10. The zero-order chi connectivity index (χ0) is 17.4. The van der Waals surface area contributed by atoms with Crippen LogP contribution in [-0.4, -0.2) is 24.4 Å². The quantitative estimate of drug-likeness (QED) is 0.491. The van der Waals surface area contributed by atoms with Crippen molar-refractivity contribution >= 4 is 35.2 Å². The number of ether oxygens (including phenoxy) is 1. The number of thiophene rings is 1. The second-order valence-electron chi connectivity index (χ2n) is 4.44. The predicted octanol–water partition coefficient (Wildman–Crippen LogP) is 1.90. The first kappa shape index (κ1) is 17.4. The summed E-state index contributed by atoms with van der Waals surface area (Å²) in [5.41, 5.74) is 3.85. The van der Waals surface area contributed by atoms with Crippen LogP contribution in [0, 0.1) is 5.82 Å². The number of benzene rings is 1. The molecule has 24 heavy (non-hydrogen) atoms. The lowest BCUT2D eigenvalue weighted by Gasteiger charge is -2.07. The summed E-state index contributed by atoms with van der Waals surface area (Å²) in [6.07, 6.45) is 2.75. The molecule has 0 saturated heterocycles. The SMILES string of the molecule is O=C(COC(=O)C=Cc1cccs1)NNC(=O)c1ccccc1F. The normalized spacial score (nSPS) is 10.4. The van der Waals surface area contributed by atoms with E-state index in [0.717, 1.165) is 10.9 Å². The molecule has 124 valence electrons. The van der Waals surface area contributed by atoms with E-state index < -0.39 is 30.2 Å². The number of rotatable bonds is 5. The third-order valence-corrected chi connectivity index (χ3v) is 3.54. The van der Waals surface area contributed by atoms with Crippen molar-refractivity contribution in [3.63, 3.8) is 0 Å². The van der Waals surface area contributed by atoms with Crippen molar-refractivity contribution in [2.75, 3.05) is 6.61 Å². The van der Waals surface area contributed by atoms with Crippen molar-refractivity contribution in [2.24, 2.45) is 0 Å². The van der Waals surface area contributed by atoms with Gasteiger partial charge in [-0.05, 0) is 29.7 Å². The lowest BCUT2D eigenvalue weighted by Crippen LogP contribution is -2.43. The van der Waals surface area contributed by atoms with Crippen LogP contribution in [-0.2, 0) is 14.3 Å². The fraction of sp³-hybridized carbons (Fsp3) is 0.0625. The molecule has 1 heterocycles. The number of hydrogen-bond acceptors (Lipinski definition) is 5. The Morgan fingerprint density at radius 2 is 1.92 bits per heavy atom. The van der Waals surface area contributed by atoms with Crippen molar-refractivity contribution in [3.8, 4) is 0 Å². The van der Waals surface area contributed by atoms with Crippen LogP contribution in [0.15, 0.2) is 47.9 Å². The number of hydrogen-bond donors (Lipinski definition) is 2. The van der Waals surface area contributed by atoms with Gasteiger partial charge in [0, 0.05) is 11.0 Å². The van der Waals surface area contributed by atoms with Gasteiger partial charge in [0.2, 0.25) is 0 Å². The zero-order valence-electron chi connectivity index (χ0n) is 12.3. The van der Waals surface area contributed by atoms with Crippen LogP contribution >= 0.6 is 11.3 Å². The van der Waals surface area contributed by atoms with E-state index in [1.165, 1.54) is 35.6 Å². The van der Waals surface area contributed by atoms with Crippen LogP contribution in [0.2, 0.25) is 0 Å². The van der Waals surface area contributed by atoms with Crippen LogP contribution < -0.4 is 10.9 Å². The Hall–Kier alpha value is -3.00. The molecule has 0 aliphatic carbocycles. The average molecular weight is 348 g/mol. The number of halogens is 1. The van der Waals surface area contributed by atoms with Gasteiger partial charge in [-0.3, -0.25) is 20.4 Å². The summed E-state index contributed by atoms with van der Waals surface area (Å²) in [7, 11) is 0. The fourth-order valence-corrected chi connectivity index (χ4v) is 2.21. The Labute approximate surface area is 140 Å². The number of esters is 1. The smallest absolute Gasteiger partial charge is 0.331 e. The van der Waals surface area contributed by atoms with Gasteiger partial charge < -0.3 is 4.74 Å². The lowest BCUT2D eigenvalue weighted by atomic mass is 10.2. The highest BCUT2D eigenvalue weighted by molar-refractivity contribution is 7.10. The molecule has 2 aromatic rings. The molecular weight excluding hydrogens is 335 g/mol. The summed E-state index contributed by atoms with van der Waals surface area (Å²) in [5, 5.41) is 1.86. The Morgan fingerprint density at radius 1 is 1.12 bits per heavy atom. The first-order valence-electron chi connectivity index (χ1n) is 6.78. The van der Waals surface area contributed by atoms with Crippen LogP contribution in [0.5, 0.6) is 0 Å². The number of carbonyl (C=O) groups is 3. The van der Waals surface area contributed by atoms with Crippen molar-refractivity contribution in [2.45, 2.75) is 0 Å². The second-order valence-corrected chi connectivity index (χ2v) is 5.42. The molecule has 0 spiro atoms. The lowest BCUT2D eigenvalue weighted by molar-refractivity contribution is -0.144. The summed E-state index contributed by atoms with van der Waals surface area (Å²) in [4.78, 5) is 35.4. The minimum atomic E-state index is -0.814. The summed E-state index contributed by atoms with van der Waals surface area (Å²) in [6, 6.07) is 8.97. The van der Waals surface area contributed by atoms with E-state index in [1.807, 2.05) is 28.4 Å². The van der Waals surface area contributed by atoms with Crippen molar-refractivity contribution in [1.82, 2.24) is 10.9 Å². The van der Waals surface area contributed by atoms with Gasteiger partial charge in [0.1, 0.15) is 5.82 Å². The molecule has 0 aliphatic rings. The van der Waals surface area contributed by atoms with Gasteiger partial charge >= 0.3 is 5.97 Å². The van der Waals surface area contributed by atoms with E-state index in [2.05, 4.69) is 0 Å². The van der Waals surface area contributed by atoms with E-state index in [4.69, 9.17) is 4.74 Å². The maximum absolute atomic E-state index is 13.4. The van der Waals surface area contributed by atoms with E-state index in [-0.39, 0.29) is 5.56 Å². The first-order valence-corrected chi connectivity index (χ1v) is 7.66. The van der Waals surface area contributed by atoms with Gasteiger partial charge in [-0.2, -0.15) is 0 Å². The summed E-state index contributed by atoms with van der Waals surface area (Å²) in [6.45, 7) is -0.578. The Balaban J connectivity index is 1.72. The fourth-order valence-electron chi connectivity index (χ4n) is 1.60. The van der Waals surface area contributed by atoms with Crippen LogP contribution in [0.1, 0.15) is 15.2 Å². The van der Waals surface area contributed by atoms with Gasteiger partial charge in [-0.15, -0.1) is 11.3 Å². The molecule has 0 bridgehead atoms. The van der Waals surface area contributed by atoms with Crippen molar-refractivity contribution < 1.29 is 23.5 Å². The number of amides is 2. The van der Waals surface area contributed by atoms with Crippen LogP contribution in [0.4, 0.5) is 4.39 Å². The Morgan fingerprint density at radius 3 is 2.62 bits per heavy atom. The average Bonchev–Trinajstić information content (AvgIpc) is 3.10. The molecule has 0 aliphatic heterocycles. The van der Waals surface area contributed by atoms with E-state index >= 15 is 0 Å². The molecule has 0 unspecified atom stereocenters. The molecule has 6 nitrogen and oxygen atoms in total. The molecule has 0 radical (unpaired) electrons. The molecule has 0 saturated carbocycles. The summed E-state index contributed by atoms with van der Waals surface area (Å²) < 4.78 is 18.1. The Kier molecular flexibility index (Phi) is 6.21. The first-order chi connectivity index (χ1) is 11.6. The zero-order valence-corrected chi connectivity index (χ0v) is 13.1. The van der Waals surface area contributed by atoms with E-state index in [0.29, 0.717) is 0 Å². The van der Waals surface area contributed by atoms with Gasteiger partial charge in [0.25, 0.3) is 11.8 Å². The molecule has 8 heteroatoms. The molecule has 1 aromatic heterocycles. The highest BCUT2D eigenvalue weighted by Gasteiger charge is 2.12. The third-order valence-electron chi connectivity index (χ3n) is 2.71. The summed E-state index contributed by atoms with van der Waals surface area (Å²) >= 11 is 1.45. The van der Waals surface area contributed by atoms with Gasteiger partial charge in [-0.25, -0.2) is 9.18 Å². The number of nitrogens with one attached hydrogen (secondary N) is 2. The van der Waals surface area contributed by atoms with Crippen molar-refractivity contribution in [3.05, 3.63) is 64.1 Å². The monoisotopic (exact) mass is 348 g/mol. The maximum atomic E-state index is 13.4. The molecule has 0 atom stereocenters. The molecule has 2 amide bonds. The Bertz CT molecular complexity index is 759. The van der Waals surface area contributed by atoms with Gasteiger partial charge in [0.05, 0.1) is 5.56 Å². The standard InChI is InChI=1S/C16H13FN2O4S/c17-13-6-2-1-5-12(13)16(22)19-18-14(20)10-23-15(21)8-7-11-4-3-9-24-11/h1-9H,10H2,(H,18,20)(H,19,22). The topological polar surface area (TPSA) is 84.5 Å². The highest BCUT2D eigenvalue weighted by atomic mass is 32.1. The van der Waals surface area contributed by atoms with Crippen molar-refractivity contribution in [1.29, 1.82) is 0 Å². The number of hydrazine groups is 1. The van der Waals surface area contributed by atoms with E-state index in [1.54, 1.807) is 6.08 Å². The summed E-state index contributed by atoms with van der Waals surface area (Å²) in [5.74, 6) is -2.98. The molecule has 2 N–H and O–H groups in total. The van der Waals surface area contributed by atoms with Gasteiger partial charge in [-0.1, -0.05) is 18.2 Å². The third kappa shape index (κ3) is 5.33. The predicted molar refractivity (Wildman–Crippen MR) is 86.3 cm³/mol. The van der Waals surface area contributed by atoms with Crippen LogP contribution in [0.25, 0.3) is 6.08 Å². The molecule has 1 aromatic carbocycles. The van der Waals surface area contributed by atoms with E-state index in [9.17, 15) is 18.8 Å².